The second kappa shape index (κ2) is 9.00. The lowest BCUT2D eigenvalue weighted by Gasteiger charge is -2.42. The van der Waals surface area contributed by atoms with Crippen molar-refractivity contribution < 1.29 is 24.2 Å². The predicted molar refractivity (Wildman–Crippen MR) is 96.3 cm³/mol. The molecular formula is C19H28N2O5. The van der Waals surface area contributed by atoms with Gasteiger partial charge in [-0.3, -0.25) is 9.69 Å². The second-order valence-corrected chi connectivity index (χ2v) is 7.45. The molecule has 3 atom stereocenters. The van der Waals surface area contributed by atoms with Gasteiger partial charge in [0.1, 0.15) is 5.60 Å². The molecule has 7 heteroatoms. The molecule has 0 aromatic heterocycles. The molecule has 26 heavy (non-hydrogen) atoms. The summed E-state index contributed by atoms with van der Waals surface area (Å²) < 4.78 is 10.6. The predicted octanol–water partition coefficient (Wildman–Crippen LogP) is 2.21. The first-order chi connectivity index (χ1) is 12.3. The molecule has 1 aliphatic heterocycles. The minimum atomic E-state index is -0.617. The molecule has 1 aromatic rings. The Labute approximate surface area is 154 Å². The fourth-order valence-electron chi connectivity index (χ4n) is 3.15. The van der Waals surface area contributed by atoms with E-state index in [0.29, 0.717) is 25.9 Å². The largest absolute Gasteiger partial charge is 0.444 e. The van der Waals surface area contributed by atoms with E-state index in [1.807, 2.05) is 56.0 Å². The molecule has 1 fully saturated rings. The second-order valence-electron chi connectivity index (χ2n) is 7.45. The van der Waals surface area contributed by atoms with E-state index in [0.717, 1.165) is 5.56 Å². The number of aliphatic hydroxyl groups excluding tert-OH is 1. The van der Waals surface area contributed by atoms with Crippen LogP contribution in [0.4, 0.5) is 4.79 Å². The van der Waals surface area contributed by atoms with E-state index in [-0.39, 0.29) is 18.7 Å². The molecule has 1 saturated heterocycles. The summed E-state index contributed by atoms with van der Waals surface area (Å²) in [6.45, 7) is 6.24. The monoisotopic (exact) mass is 364 g/mol. The van der Waals surface area contributed by atoms with E-state index in [2.05, 4.69) is 5.32 Å². The third kappa shape index (κ3) is 5.71. The number of carbonyl (C=O) groups is 2. The van der Waals surface area contributed by atoms with E-state index < -0.39 is 17.9 Å². The molecule has 0 bridgehead atoms. The molecule has 2 rings (SSSR count). The maximum atomic E-state index is 12.1. The van der Waals surface area contributed by atoms with E-state index in [4.69, 9.17) is 9.47 Å². The Morgan fingerprint density at radius 3 is 2.62 bits per heavy atom. The highest BCUT2D eigenvalue weighted by molar-refractivity contribution is 5.68. The molecule has 1 heterocycles. The Balaban J connectivity index is 2.12. The molecule has 1 amide bonds. The van der Waals surface area contributed by atoms with E-state index in [1.165, 1.54) is 0 Å². The quantitative estimate of drug-likeness (QED) is 0.753. The SMILES string of the molecule is CC(C)(C)OC(=O)NC1CCC(CO)N(C(OC=O)c2ccccc2)C1. The number of nitrogens with one attached hydrogen (secondary N) is 1. The van der Waals surface area contributed by atoms with Crippen LogP contribution >= 0.6 is 0 Å². The van der Waals surface area contributed by atoms with Gasteiger partial charge in [-0.2, -0.15) is 0 Å². The number of aliphatic hydroxyl groups is 1. The van der Waals surface area contributed by atoms with Crippen LogP contribution in [0.3, 0.4) is 0 Å². The van der Waals surface area contributed by atoms with Crippen LogP contribution in [0, 0.1) is 0 Å². The molecule has 0 radical (unpaired) electrons. The number of piperidine rings is 1. The third-order valence-electron chi connectivity index (χ3n) is 4.25. The zero-order valence-corrected chi connectivity index (χ0v) is 15.6. The van der Waals surface area contributed by atoms with Crippen molar-refractivity contribution >= 4 is 12.6 Å². The number of nitrogens with zero attached hydrogens (tertiary/aromatic N) is 1. The maximum Gasteiger partial charge on any atom is 0.407 e. The smallest absolute Gasteiger partial charge is 0.407 e. The summed E-state index contributed by atoms with van der Waals surface area (Å²) in [6.07, 6.45) is 0.290. The Kier molecular flexibility index (Phi) is 6.99. The van der Waals surface area contributed by atoms with Gasteiger partial charge in [0.2, 0.25) is 0 Å². The lowest BCUT2D eigenvalue weighted by Crippen LogP contribution is -2.54. The number of likely N-dealkylation sites (tertiary alicyclic amines) is 1. The van der Waals surface area contributed by atoms with Crippen molar-refractivity contribution in [2.45, 2.75) is 57.5 Å². The molecule has 3 unspecified atom stereocenters. The van der Waals surface area contributed by atoms with Crippen molar-refractivity contribution in [2.24, 2.45) is 0 Å². The zero-order valence-electron chi connectivity index (χ0n) is 15.6. The molecule has 1 aromatic carbocycles. The number of amides is 1. The number of carbonyl (C=O) groups excluding carboxylic acids is 2. The van der Waals surface area contributed by atoms with Gasteiger partial charge in [0, 0.05) is 24.2 Å². The Morgan fingerprint density at radius 1 is 1.35 bits per heavy atom. The number of hydrogen-bond donors (Lipinski definition) is 2. The van der Waals surface area contributed by atoms with E-state index >= 15 is 0 Å². The standard InChI is InChI=1S/C19H28N2O5/c1-19(2,3)26-18(24)20-15-9-10-16(12-22)21(11-15)17(25-13-23)14-7-5-4-6-8-14/h4-8,13,15-17,22H,9-12H2,1-3H3,(H,20,24). The van der Waals surface area contributed by atoms with Gasteiger partial charge in [-0.15, -0.1) is 0 Å². The molecular weight excluding hydrogens is 336 g/mol. The minimum absolute atomic E-state index is 0.0509. The summed E-state index contributed by atoms with van der Waals surface area (Å²) in [5.74, 6) is 0. The first-order valence-electron chi connectivity index (χ1n) is 8.84. The Bertz CT molecular complexity index is 587. The number of rotatable bonds is 6. The summed E-state index contributed by atoms with van der Waals surface area (Å²) in [4.78, 5) is 25.0. The Morgan fingerprint density at radius 2 is 2.04 bits per heavy atom. The van der Waals surface area contributed by atoms with Crippen molar-refractivity contribution in [2.75, 3.05) is 13.2 Å². The van der Waals surface area contributed by atoms with E-state index in [9.17, 15) is 14.7 Å². The first-order valence-corrected chi connectivity index (χ1v) is 8.84. The van der Waals surface area contributed by atoms with Gasteiger partial charge in [0.15, 0.2) is 6.23 Å². The van der Waals surface area contributed by atoms with Crippen molar-refractivity contribution in [3.05, 3.63) is 35.9 Å². The van der Waals surface area contributed by atoms with Gasteiger partial charge in [0.25, 0.3) is 6.47 Å². The molecule has 7 nitrogen and oxygen atoms in total. The van der Waals surface area contributed by atoms with E-state index in [1.54, 1.807) is 0 Å². The molecule has 2 N–H and O–H groups in total. The average Bonchev–Trinajstić information content (AvgIpc) is 2.58. The fourth-order valence-corrected chi connectivity index (χ4v) is 3.15. The lowest BCUT2D eigenvalue weighted by atomic mass is 9.97. The zero-order chi connectivity index (χ0) is 19.2. The summed E-state index contributed by atoms with van der Waals surface area (Å²) in [7, 11) is 0. The van der Waals surface area contributed by atoms with Crippen LogP contribution < -0.4 is 5.32 Å². The van der Waals surface area contributed by atoms with Crippen LogP contribution in [-0.4, -0.2) is 53.4 Å². The molecule has 144 valence electrons. The lowest BCUT2D eigenvalue weighted by molar-refractivity contribution is -0.151. The van der Waals surface area contributed by atoms with Crippen LogP contribution in [0.15, 0.2) is 30.3 Å². The third-order valence-corrected chi connectivity index (χ3v) is 4.25. The average molecular weight is 364 g/mol. The van der Waals surface area contributed by atoms with Gasteiger partial charge >= 0.3 is 6.09 Å². The molecule has 0 saturated carbocycles. The number of benzene rings is 1. The van der Waals surface area contributed by atoms with Gasteiger partial charge in [0.05, 0.1) is 6.61 Å². The number of hydrogen-bond acceptors (Lipinski definition) is 6. The highest BCUT2D eigenvalue weighted by atomic mass is 16.6. The summed E-state index contributed by atoms with van der Waals surface area (Å²) >= 11 is 0. The van der Waals surface area contributed by atoms with Crippen molar-refractivity contribution in [1.82, 2.24) is 10.2 Å². The Hall–Kier alpha value is -2.12. The van der Waals surface area contributed by atoms with Crippen LogP contribution in [-0.2, 0) is 14.3 Å². The van der Waals surface area contributed by atoms with Crippen LogP contribution in [0.5, 0.6) is 0 Å². The first kappa shape index (κ1) is 20.2. The van der Waals surface area contributed by atoms with Crippen LogP contribution in [0.1, 0.15) is 45.4 Å². The minimum Gasteiger partial charge on any atom is -0.444 e. The summed E-state index contributed by atoms with van der Waals surface area (Å²) in [5, 5.41) is 12.6. The van der Waals surface area contributed by atoms with Gasteiger partial charge in [-0.05, 0) is 33.6 Å². The maximum absolute atomic E-state index is 12.1. The van der Waals surface area contributed by atoms with Gasteiger partial charge in [-0.25, -0.2) is 4.79 Å². The van der Waals surface area contributed by atoms with Crippen LogP contribution in [0.25, 0.3) is 0 Å². The van der Waals surface area contributed by atoms with Crippen molar-refractivity contribution in [3.63, 3.8) is 0 Å². The highest BCUT2D eigenvalue weighted by Gasteiger charge is 2.35. The topological polar surface area (TPSA) is 88.1 Å². The number of alkyl carbamates (subject to hydrolysis) is 1. The van der Waals surface area contributed by atoms with Gasteiger partial charge in [-0.1, -0.05) is 30.3 Å². The van der Waals surface area contributed by atoms with Crippen molar-refractivity contribution in [3.8, 4) is 0 Å². The normalized spacial score (nSPS) is 22.3. The van der Waals surface area contributed by atoms with Gasteiger partial charge < -0.3 is 19.9 Å². The fraction of sp³-hybridized carbons (Fsp3) is 0.579. The van der Waals surface area contributed by atoms with Crippen molar-refractivity contribution in [1.29, 1.82) is 0 Å². The molecule has 0 aliphatic carbocycles. The molecule has 1 aliphatic rings. The van der Waals surface area contributed by atoms with Crippen LogP contribution in [0.2, 0.25) is 0 Å². The highest BCUT2D eigenvalue weighted by Crippen LogP contribution is 2.29. The molecule has 0 spiro atoms. The summed E-state index contributed by atoms with van der Waals surface area (Å²) in [5.41, 5.74) is 0.246. The number of ether oxygens (including phenoxy) is 2. The summed E-state index contributed by atoms with van der Waals surface area (Å²) in [6, 6.07) is 9.04.